The van der Waals surface area contributed by atoms with E-state index >= 15 is 0 Å². The lowest BCUT2D eigenvalue weighted by atomic mass is 9.96. The molecule has 1 aromatic rings. The Labute approximate surface area is 124 Å². The Morgan fingerprint density at radius 2 is 2.10 bits per heavy atom. The van der Waals surface area contributed by atoms with Gasteiger partial charge in [0.15, 0.2) is 0 Å². The van der Waals surface area contributed by atoms with Gasteiger partial charge < -0.3 is 10.2 Å². The van der Waals surface area contributed by atoms with E-state index in [0.29, 0.717) is 18.5 Å². The van der Waals surface area contributed by atoms with Crippen molar-refractivity contribution in [1.82, 2.24) is 10.2 Å². The largest absolute Gasteiger partial charge is 0.342 e. The number of hydrogen-bond acceptors (Lipinski definition) is 2. The lowest BCUT2D eigenvalue weighted by Gasteiger charge is -2.35. The summed E-state index contributed by atoms with van der Waals surface area (Å²) in [5.41, 5.74) is 0.566. The van der Waals surface area contributed by atoms with Crippen molar-refractivity contribution in [3.8, 4) is 0 Å². The van der Waals surface area contributed by atoms with Gasteiger partial charge in [0.2, 0.25) is 11.8 Å². The molecule has 5 heteroatoms. The number of hydrogen-bond donors (Lipinski definition) is 1. The van der Waals surface area contributed by atoms with E-state index in [9.17, 15) is 14.0 Å². The van der Waals surface area contributed by atoms with Gasteiger partial charge in [0.25, 0.3) is 0 Å². The fraction of sp³-hybridized carbons (Fsp3) is 0.500. The minimum Gasteiger partial charge on any atom is -0.342 e. The number of amides is 2. The zero-order valence-electron chi connectivity index (χ0n) is 12.4. The van der Waals surface area contributed by atoms with E-state index in [4.69, 9.17) is 0 Å². The third kappa shape index (κ3) is 3.60. The molecule has 0 bridgehead atoms. The van der Waals surface area contributed by atoms with Gasteiger partial charge in [-0.05, 0) is 24.0 Å². The van der Waals surface area contributed by atoms with Gasteiger partial charge in [0, 0.05) is 6.54 Å². The molecule has 1 N–H and O–H groups in total. The zero-order valence-corrected chi connectivity index (χ0v) is 12.4. The maximum atomic E-state index is 13.6. The summed E-state index contributed by atoms with van der Waals surface area (Å²) >= 11 is 0. The van der Waals surface area contributed by atoms with Gasteiger partial charge in [-0.1, -0.05) is 38.5 Å². The zero-order chi connectivity index (χ0) is 15.4. The predicted molar refractivity (Wildman–Crippen MR) is 78.1 cm³/mol. The van der Waals surface area contributed by atoms with Crippen LogP contribution in [0, 0.1) is 11.7 Å². The first-order chi connectivity index (χ1) is 10.0. The third-order valence-corrected chi connectivity index (χ3v) is 4.05. The molecule has 1 heterocycles. The summed E-state index contributed by atoms with van der Waals surface area (Å²) in [6, 6.07) is 6.05. The highest BCUT2D eigenvalue weighted by Crippen LogP contribution is 2.15. The van der Waals surface area contributed by atoms with Crippen LogP contribution in [0.3, 0.4) is 0 Å². The average molecular weight is 292 g/mol. The standard InChI is InChI=1S/C16H21FN2O2/c1-3-11(2)15-16(21)19(10-14(20)18-15)9-8-12-6-4-5-7-13(12)17/h4-7,11,15H,3,8-10H2,1-2H3,(H,18,20). The molecule has 1 aromatic carbocycles. The minimum absolute atomic E-state index is 0.0558. The SMILES string of the molecule is CCC(C)C1NC(=O)CN(CCc2ccccc2F)C1=O. The first kappa shape index (κ1) is 15.5. The Hall–Kier alpha value is -1.91. The van der Waals surface area contributed by atoms with Crippen molar-refractivity contribution >= 4 is 11.8 Å². The molecule has 1 aliphatic heterocycles. The number of nitrogens with one attached hydrogen (secondary N) is 1. The van der Waals surface area contributed by atoms with Crippen molar-refractivity contribution < 1.29 is 14.0 Å². The second kappa shape index (κ2) is 6.70. The van der Waals surface area contributed by atoms with Crippen LogP contribution in [-0.2, 0) is 16.0 Å². The van der Waals surface area contributed by atoms with Crippen LogP contribution in [-0.4, -0.2) is 35.8 Å². The molecule has 1 aliphatic rings. The van der Waals surface area contributed by atoms with Gasteiger partial charge in [-0.3, -0.25) is 9.59 Å². The summed E-state index contributed by atoms with van der Waals surface area (Å²) in [5, 5.41) is 2.75. The van der Waals surface area contributed by atoms with Crippen LogP contribution in [0.4, 0.5) is 4.39 Å². The van der Waals surface area contributed by atoms with Crippen LogP contribution in [0.1, 0.15) is 25.8 Å². The number of benzene rings is 1. The Morgan fingerprint density at radius 1 is 1.38 bits per heavy atom. The summed E-state index contributed by atoms with van der Waals surface area (Å²) in [7, 11) is 0. The van der Waals surface area contributed by atoms with E-state index in [1.165, 1.54) is 11.0 Å². The van der Waals surface area contributed by atoms with Gasteiger partial charge in [0.05, 0.1) is 6.54 Å². The number of carbonyl (C=O) groups excluding carboxylic acids is 2. The Bertz CT molecular complexity index is 533. The number of piperazine rings is 1. The predicted octanol–water partition coefficient (Wildman–Crippen LogP) is 1.74. The highest BCUT2D eigenvalue weighted by atomic mass is 19.1. The molecular weight excluding hydrogens is 271 g/mol. The molecule has 1 saturated heterocycles. The molecule has 4 nitrogen and oxygen atoms in total. The number of halogens is 1. The maximum Gasteiger partial charge on any atom is 0.245 e. The first-order valence-electron chi connectivity index (χ1n) is 7.34. The van der Waals surface area contributed by atoms with Gasteiger partial charge >= 0.3 is 0 Å². The van der Waals surface area contributed by atoms with E-state index in [1.54, 1.807) is 18.2 Å². The van der Waals surface area contributed by atoms with Gasteiger partial charge in [-0.25, -0.2) is 4.39 Å². The molecule has 1 fully saturated rings. The second-order valence-electron chi connectivity index (χ2n) is 5.53. The third-order valence-electron chi connectivity index (χ3n) is 4.05. The molecule has 2 rings (SSSR count). The number of nitrogens with zero attached hydrogens (tertiary/aromatic N) is 1. The fourth-order valence-corrected chi connectivity index (χ4v) is 2.50. The topological polar surface area (TPSA) is 49.4 Å². The van der Waals surface area contributed by atoms with Gasteiger partial charge in [-0.2, -0.15) is 0 Å². The quantitative estimate of drug-likeness (QED) is 0.898. The van der Waals surface area contributed by atoms with E-state index in [1.807, 2.05) is 13.8 Å². The van der Waals surface area contributed by atoms with Crippen molar-refractivity contribution in [2.45, 2.75) is 32.7 Å². The van der Waals surface area contributed by atoms with Crippen molar-refractivity contribution in [3.63, 3.8) is 0 Å². The molecule has 0 saturated carbocycles. The Morgan fingerprint density at radius 3 is 2.76 bits per heavy atom. The summed E-state index contributed by atoms with van der Waals surface area (Å²) < 4.78 is 13.6. The summed E-state index contributed by atoms with van der Waals surface area (Å²) in [4.78, 5) is 25.7. The maximum absolute atomic E-state index is 13.6. The number of carbonyl (C=O) groups is 2. The highest BCUT2D eigenvalue weighted by Gasteiger charge is 2.35. The van der Waals surface area contributed by atoms with Crippen LogP contribution in [0.5, 0.6) is 0 Å². The molecule has 2 atom stereocenters. The highest BCUT2D eigenvalue weighted by molar-refractivity contribution is 5.95. The fourth-order valence-electron chi connectivity index (χ4n) is 2.50. The molecule has 114 valence electrons. The van der Waals surface area contributed by atoms with E-state index in [2.05, 4.69) is 5.32 Å². The second-order valence-corrected chi connectivity index (χ2v) is 5.53. The van der Waals surface area contributed by atoms with Crippen LogP contribution in [0.25, 0.3) is 0 Å². The van der Waals surface area contributed by atoms with Crippen molar-refractivity contribution in [2.75, 3.05) is 13.1 Å². The molecule has 2 unspecified atom stereocenters. The summed E-state index contributed by atoms with van der Waals surface area (Å²) in [5.74, 6) is -0.392. The van der Waals surface area contributed by atoms with Gasteiger partial charge in [-0.15, -0.1) is 0 Å². The average Bonchev–Trinajstić information content (AvgIpc) is 2.48. The molecule has 0 spiro atoms. The Balaban J connectivity index is 2.03. The Kier molecular flexibility index (Phi) is 4.94. The van der Waals surface area contributed by atoms with Crippen LogP contribution < -0.4 is 5.32 Å². The van der Waals surface area contributed by atoms with E-state index in [-0.39, 0.29) is 30.1 Å². The lowest BCUT2D eigenvalue weighted by molar-refractivity contribution is -0.145. The summed E-state index contributed by atoms with van der Waals surface area (Å²) in [6.07, 6.45) is 1.23. The normalized spacial score (nSPS) is 20.3. The van der Waals surface area contributed by atoms with Crippen molar-refractivity contribution in [1.29, 1.82) is 0 Å². The molecule has 0 aliphatic carbocycles. The lowest BCUT2D eigenvalue weighted by Crippen LogP contribution is -2.60. The molecule has 0 aromatic heterocycles. The van der Waals surface area contributed by atoms with Crippen LogP contribution in [0.15, 0.2) is 24.3 Å². The van der Waals surface area contributed by atoms with Gasteiger partial charge in [0.1, 0.15) is 11.9 Å². The molecule has 2 amide bonds. The molecular formula is C16H21FN2O2. The summed E-state index contributed by atoms with van der Waals surface area (Å²) in [6.45, 7) is 4.35. The smallest absolute Gasteiger partial charge is 0.245 e. The minimum atomic E-state index is -0.461. The van der Waals surface area contributed by atoms with E-state index in [0.717, 1.165) is 6.42 Å². The molecule has 21 heavy (non-hydrogen) atoms. The number of rotatable bonds is 5. The van der Waals surface area contributed by atoms with E-state index < -0.39 is 6.04 Å². The van der Waals surface area contributed by atoms with Crippen LogP contribution >= 0.6 is 0 Å². The monoisotopic (exact) mass is 292 g/mol. The van der Waals surface area contributed by atoms with Crippen LogP contribution in [0.2, 0.25) is 0 Å². The first-order valence-corrected chi connectivity index (χ1v) is 7.34. The van der Waals surface area contributed by atoms with Crippen molar-refractivity contribution in [2.24, 2.45) is 5.92 Å². The molecule has 0 radical (unpaired) electrons. The van der Waals surface area contributed by atoms with Crippen molar-refractivity contribution in [3.05, 3.63) is 35.6 Å².